The molecule has 5 heteroatoms. The van der Waals surface area contributed by atoms with E-state index in [0.717, 1.165) is 51.6 Å². The molecule has 0 aromatic heterocycles. The molecule has 6 atom stereocenters. The van der Waals surface area contributed by atoms with Crippen LogP contribution in [0.25, 0.3) is 0 Å². The highest BCUT2D eigenvalue weighted by Crippen LogP contribution is 2.66. The molecule has 5 fully saturated rings. The second-order valence-electron chi connectivity index (χ2n) is 13.4. The van der Waals surface area contributed by atoms with E-state index in [2.05, 4.69) is 6.92 Å². The molecule has 0 N–H and O–H groups in total. The topological polar surface area (TPSA) is 54.0 Å². The van der Waals surface area contributed by atoms with Gasteiger partial charge in [0, 0.05) is 51.7 Å². The van der Waals surface area contributed by atoms with Crippen molar-refractivity contribution in [3.05, 3.63) is 11.6 Å². The lowest BCUT2D eigenvalue weighted by Crippen LogP contribution is -2.55. The van der Waals surface area contributed by atoms with Crippen LogP contribution in [0.1, 0.15) is 110 Å². The fourth-order valence-electron chi connectivity index (χ4n) is 9.90. The third kappa shape index (κ3) is 3.98. The smallest absolute Gasteiger partial charge is 0.168 e. The summed E-state index contributed by atoms with van der Waals surface area (Å²) in [5.41, 5.74) is 1.62. The Kier molecular flexibility index (Phi) is 6.71. The summed E-state index contributed by atoms with van der Waals surface area (Å²) in [6.07, 6.45) is 19.9. The first-order valence-corrected chi connectivity index (χ1v) is 15.0. The highest BCUT2D eigenvalue weighted by Gasteiger charge is 2.62. The highest BCUT2D eigenvalue weighted by atomic mass is 16.7. The molecule has 5 saturated carbocycles. The summed E-state index contributed by atoms with van der Waals surface area (Å²) in [5.74, 6) is 1.53. The summed E-state index contributed by atoms with van der Waals surface area (Å²) in [4.78, 5) is 12.5. The molecule has 0 aromatic carbocycles. The number of ether oxygens (including phenoxy) is 4. The van der Waals surface area contributed by atoms with E-state index in [0.29, 0.717) is 36.1 Å². The largest absolute Gasteiger partial charge is 0.353 e. The van der Waals surface area contributed by atoms with Crippen molar-refractivity contribution in [1.29, 1.82) is 0 Å². The Bertz CT molecular complexity index is 868. The number of methoxy groups -OCH3 is 2. The summed E-state index contributed by atoms with van der Waals surface area (Å²) in [7, 11) is 3.66. The van der Waals surface area contributed by atoms with E-state index in [4.69, 9.17) is 18.9 Å². The third-order valence-corrected chi connectivity index (χ3v) is 12.0. The Morgan fingerprint density at radius 2 is 1.50 bits per heavy atom. The van der Waals surface area contributed by atoms with E-state index in [-0.39, 0.29) is 16.6 Å². The van der Waals surface area contributed by atoms with E-state index in [1.54, 1.807) is 0 Å². The molecule has 0 amide bonds. The zero-order valence-corrected chi connectivity index (χ0v) is 22.9. The highest BCUT2D eigenvalue weighted by molar-refractivity contribution is 5.91. The fraction of sp³-hybridized carbons (Fsp3) is 0.903. The van der Waals surface area contributed by atoms with Crippen LogP contribution in [0, 0.1) is 28.6 Å². The van der Waals surface area contributed by atoms with E-state index >= 15 is 0 Å². The van der Waals surface area contributed by atoms with Gasteiger partial charge in [-0.15, -0.1) is 0 Å². The number of hydrogen-bond donors (Lipinski definition) is 0. The van der Waals surface area contributed by atoms with E-state index in [1.807, 2.05) is 20.3 Å². The van der Waals surface area contributed by atoms with Gasteiger partial charge >= 0.3 is 0 Å². The molecule has 0 aliphatic heterocycles. The van der Waals surface area contributed by atoms with Crippen LogP contribution >= 0.6 is 0 Å². The van der Waals surface area contributed by atoms with Gasteiger partial charge in [0.05, 0.1) is 12.7 Å². The van der Waals surface area contributed by atoms with Crippen LogP contribution in [0.4, 0.5) is 0 Å². The lowest BCUT2D eigenvalue weighted by Gasteiger charge is -2.59. The maximum absolute atomic E-state index is 12.5. The molecule has 0 saturated heterocycles. The molecule has 0 spiro atoms. The standard InChI is InChI=1S/C31H48O5/c1-28-18-13-26-24(25(28)10-11-27(28)36-31(34-3)16-6-7-17-31)9-8-22-20-23(32)12-19-29(22,26)21-35-30(33-2)14-4-5-15-30/h20,24-27H,4-19,21H2,1-3H3/t24-,25-,26-,27-,28-,29+/m0/s1. The van der Waals surface area contributed by atoms with E-state index in [9.17, 15) is 4.79 Å². The zero-order chi connectivity index (χ0) is 25.0. The van der Waals surface area contributed by atoms with Crippen LogP contribution in [0.2, 0.25) is 0 Å². The molecule has 0 heterocycles. The summed E-state index contributed by atoms with van der Waals surface area (Å²) >= 11 is 0. The molecule has 0 radical (unpaired) electrons. The van der Waals surface area contributed by atoms with Crippen molar-refractivity contribution in [2.75, 3.05) is 20.8 Å². The van der Waals surface area contributed by atoms with Gasteiger partial charge in [-0.25, -0.2) is 0 Å². The second kappa shape index (κ2) is 9.47. The Labute approximate surface area is 218 Å². The summed E-state index contributed by atoms with van der Waals surface area (Å²) in [5, 5.41) is 0. The monoisotopic (exact) mass is 500 g/mol. The molecule has 6 aliphatic rings. The summed E-state index contributed by atoms with van der Waals surface area (Å²) in [6.45, 7) is 3.25. The molecule has 6 rings (SSSR count). The van der Waals surface area contributed by atoms with Crippen LogP contribution in [0.3, 0.4) is 0 Å². The molecule has 5 nitrogen and oxygen atoms in total. The fourth-order valence-corrected chi connectivity index (χ4v) is 9.90. The number of hydrogen-bond acceptors (Lipinski definition) is 5. The zero-order valence-electron chi connectivity index (χ0n) is 22.9. The molecule has 0 unspecified atom stereocenters. The number of carbonyl (C=O) groups excluding carboxylic acids is 1. The first-order valence-electron chi connectivity index (χ1n) is 15.0. The molecular weight excluding hydrogens is 452 g/mol. The molecule has 36 heavy (non-hydrogen) atoms. The van der Waals surface area contributed by atoms with E-state index in [1.165, 1.54) is 56.9 Å². The van der Waals surface area contributed by atoms with Crippen molar-refractivity contribution >= 4 is 5.78 Å². The normalized spacial score (nSPS) is 43.1. The number of fused-ring (bicyclic) bond motifs is 5. The average molecular weight is 501 g/mol. The third-order valence-electron chi connectivity index (χ3n) is 12.0. The number of carbonyl (C=O) groups is 1. The van der Waals surface area contributed by atoms with Crippen molar-refractivity contribution in [2.45, 2.75) is 127 Å². The SMILES string of the molecule is COC1(OC[C@]23CCC(=O)C=C2CC[C@@H]2[C@@H]3CC[C@]3(C)[C@@H](OC4(OC)CCCC4)CC[C@@H]23)CCCC1. The Morgan fingerprint density at radius 1 is 0.806 bits per heavy atom. The van der Waals surface area contributed by atoms with Crippen LogP contribution < -0.4 is 0 Å². The number of ketones is 1. The van der Waals surface area contributed by atoms with Gasteiger partial charge in [-0.2, -0.15) is 0 Å². The predicted molar refractivity (Wildman–Crippen MR) is 138 cm³/mol. The number of rotatable bonds is 7. The summed E-state index contributed by atoms with van der Waals surface area (Å²) in [6, 6.07) is 0. The first kappa shape index (κ1) is 25.5. The van der Waals surface area contributed by atoms with Crippen molar-refractivity contribution in [3.63, 3.8) is 0 Å². The van der Waals surface area contributed by atoms with Gasteiger partial charge in [0.1, 0.15) is 0 Å². The summed E-state index contributed by atoms with van der Waals surface area (Å²) < 4.78 is 25.7. The minimum absolute atomic E-state index is 0.00439. The molecule has 0 bridgehead atoms. The van der Waals surface area contributed by atoms with Gasteiger partial charge in [-0.3, -0.25) is 4.79 Å². The van der Waals surface area contributed by atoms with Crippen molar-refractivity contribution in [1.82, 2.24) is 0 Å². The van der Waals surface area contributed by atoms with Crippen molar-refractivity contribution in [2.24, 2.45) is 28.6 Å². The van der Waals surface area contributed by atoms with Crippen molar-refractivity contribution < 1.29 is 23.7 Å². The van der Waals surface area contributed by atoms with Crippen LogP contribution in [-0.2, 0) is 23.7 Å². The minimum Gasteiger partial charge on any atom is -0.353 e. The van der Waals surface area contributed by atoms with Crippen molar-refractivity contribution in [3.8, 4) is 0 Å². The lowest BCUT2D eigenvalue weighted by atomic mass is 9.47. The van der Waals surface area contributed by atoms with Gasteiger partial charge in [-0.1, -0.05) is 12.5 Å². The van der Waals surface area contributed by atoms with Crippen LogP contribution in [0.5, 0.6) is 0 Å². The first-order chi connectivity index (χ1) is 17.4. The van der Waals surface area contributed by atoms with Gasteiger partial charge in [0.2, 0.25) is 0 Å². The van der Waals surface area contributed by atoms with E-state index < -0.39 is 5.79 Å². The van der Waals surface area contributed by atoms with Gasteiger partial charge in [-0.05, 0) is 99.9 Å². The van der Waals surface area contributed by atoms with Gasteiger partial charge in [0.25, 0.3) is 0 Å². The predicted octanol–water partition coefficient (Wildman–Crippen LogP) is 6.73. The maximum atomic E-state index is 12.5. The minimum atomic E-state index is -0.417. The van der Waals surface area contributed by atoms with Crippen LogP contribution in [0.15, 0.2) is 11.6 Å². The lowest BCUT2D eigenvalue weighted by molar-refractivity contribution is -0.265. The van der Waals surface area contributed by atoms with Gasteiger partial charge < -0.3 is 18.9 Å². The average Bonchev–Trinajstić information content (AvgIpc) is 3.63. The Hall–Kier alpha value is -0.750. The molecular formula is C31H48O5. The van der Waals surface area contributed by atoms with Crippen LogP contribution in [-0.4, -0.2) is 44.3 Å². The molecule has 6 aliphatic carbocycles. The molecule has 0 aromatic rings. The Morgan fingerprint density at radius 3 is 2.19 bits per heavy atom. The molecule has 202 valence electrons. The Balaban J connectivity index is 1.26. The second-order valence-corrected chi connectivity index (χ2v) is 13.4. The van der Waals surface area contributed by atoms with Gasteiger partial charge in [0.15, 0.2) is 17.4 Å². The maximum Gasteiger partial charge on any atom is 0.168 e. The quantitative estimate of drug-likeness (QED) is 0.363.